The van der Waals surface area contributed by atoms with Crippen molar-refractivity contribution >= 4 is 11.8 Å². The topological polar surface area (TPSA) is 58.6 Å². The van der Waals surface area contributed by atoms with Crippen molar-refractivity contribution in [2.24, 2.45) is 17.8 Å². The van der Waals surface area contributed by atoms with E-state index in [0.717, 1.165) is 23.5 Å². The minimum atomic E-state index is -0.587. The maximum Gasteiger partial charge on any atom is 0.263 e. The highest BCUT2D eigenvalue weighted by molar-refractivity contribution is 5.88. The van der Waals surface area contributed by atoms with Crippen molar-refractivity contribution in [3.8, 4) is 5.75 Å². The summed E-state index contributed by atoms with van der Waals surface area (Å²) in [4.78, 5) is 25.7. The lowest BCUT2D eigenvalue weighted by Gasteiger charge is -2.57. The first-order valence-electron chi connectivity index (χ1n) is 10.8. The van der Waals surface area contributed by atoms with Gasteiger partial charge in [-0.05, 0) is 86.3 Å². The SMILES string of the molecule is CC(Oc1ccc(C23CC4CC(CC(C4)C2)C3)cc1)C(=O)N1CCNC(=O)C1. The van der Waals surface area contributed by atoms with Gasteiger partial charge in [0.05, 0.1) is 6.54 Å². The fourth-order valence-corrected chi connectivity index (χ4v) is 6.69. The first kappa shape index (κ1) is 18.0. The van der Waals surface area contributed by atoms with Gasteiger partial charge in [0.2, 0.25) is 5.91 Å². The Morgan fingerprint density at radius 3 is 2.29 bits per heavy atom. The van der Waals surface area contributed by atoms with Crippen LogP contribution in [0.2, 0.25) is 0 Å². The number of amides is 2. The zero-order valence-corrected chi connectivity index (χ0v) is 16.7. The molecule has 5 aliphatic rings. The number of rotatable bonds is 4. The lowest BCUT2D eigenvalue weighted by atomic mass is 9.48. The van der Waals surface area contributed by atoms with E-state index in [1.165, 1.54) is 44.1 Å². The van der Waals surface area contributed by atoms with Crippen LogP contribution in [0, 0.1) is 17.8 Å². The molecule has 1 aromatic carbocycles. The molecule has 1 unspecified atom stereocenters. The second-order valence-corrected chi connectivity index (χ2v) is 9.59. The highest BCUT2D eigenvalue weighted by atomic mass is 16.5. The summed E-state index contributed by atoms with van der Waals surface area (Å²) in [6, 6.07) is 8.52. The molecule has 1 atom stereocenters. The van der Waals surface area contributed by atoms with Crippen LogP contribution in [0.25, 0.3) is 0 Å². The minimum Gasteiger partial charge on any atom is -0.481 e. The lowest BCUT2D eigenvalue weighted by Crippen LogP contribution is -2.53. The van der Waals surface area contributed by atoms with Crippen molar-refractivity contribution in [3.63, 3.8) is 0 Å². The Hall–Kier alpha value is -2.04. The Labute approximate surface area is 166 Å². The van der Waals surface area contributed by atoms with E-state index in [2.05, 4.69) is 17.4 Å². The molecule has 4 aliphatic carbocycles. The number of piperazine rings is 1. The summed E-state index contributed by atoms with van der Waals surface area (Å²) in [7, 11) is 0. The van der Waals surface area contributed by atoms with Crippen LogP contribution < -0.4 is 10.1 Å². The molecule has 150 valence electrons. The van der Waals surface area contributed by atoms with Gasteiger partial charge in [0, 0.05) is 13.1 Å². The maximum atomic E-state index is 12.6. The van der Waals surface area contributed by atoms with Crippen LogP contribution in [-0.4, -0.2) is 42.5 Å². The molecule has 1 aliphatic heterocycles. The Kier molecular flexibility index (Phi) is 4.37. The largest absolute Gasteiger partial charge is 0.481 e. The number of hydrogen-bond donors (Lipinski definition) is 1. The van der Waals surface area contributed by atoms with E-state index in [-0.39, 0.29) is 18.4 Å². The second-order valence-electron chi connectivity index (χ2n) is 9.59. The Morgan fingerprint density at radius 2 is 1.71 bits per heavy atom. The van der Waals surface area contributed by atoms with Crippen LogP contribution in [0.4, 0.5) is 0 Å². The third kappa shape index (κ3) is 3.19. The molecule has 0 spiro atoms. The fourth-order valence-electron chi connectivity index (χ4n) is 6.69. The predicted octanol–water partition coefficient (Wildman–Crippen LogP) is 2.88. The Morgan fingerprint density at radius 1 is 1.11 bits per heavy atom. The van der Waals surface area contributed by atoms with Crippen LogP contribution in [0.1, 0.15) is 51.0 Å². The Balaban J connectivity index is 1.25. The van der Waals surface area contributed by atoms with Crippen molar-refractivity contribution in [2.45, 2.75) is 57.0 Å². The molecule has 1 saturated heterocycles. The molecule has 1 heterocycles. The molecule has 0 radical (unpaired) electrons. The average molecular weight is 383 g/mol. The molecule has 6 rings (SSSR count). The van der Waals surface area contributed by atoms with Crippen LogP contribution in [0.5, 0.6) is 5.75 Å². The summed E-state index contributed by atoms with van der Waals surface area (Å²) >= 11 is 0. The molecule has 4 saturated carbocycles. The summed E-state index contributed by atoms with van der Waals surface area (Å²) in [5.41, 5.74) is 1.85. The van der Waals surface area contributed by atoms with Gasteiger partial charge in [-0.2, -0.15) is 0 Å². The molecule has 1 aromatic rings. The van der Waals surface area contributed by atoms with E-state index in [9.17, 15) is 9.59 Å². The summed E-state index contributed by atoms with van der Waals surface area (Å²) in [6.07, 6.45) is 7.83. The molecule has 2 amide bonds. The molecule has 28 heavy (non-hydrogen) atoms. The van der Waals surface area contributed by atoms with E-state index >= 15 is 0 Å². The molecule has 5 nitrogen and oxygen atoms in total. The normalized spacial score (nSPS) is 34.8. The van der Waals surface area contributed by atoms with Gasteiger partial charge in [-0.25, -0.2) is 0 Å². The molecule has 5 heteroatoms. The zero-order chi connectivity index (χ0) is 19.3. The van der Waals surface area contributed by atoms with Crippen molar-refractivity contribution in [2.75, 3.05) is 19.6 Å². The fraction of sp³-hybridized carbons (Fsp3) is 0.652. The highest BCUT2D eigenvalue weighted by Gasteiger charge is 2.51. The van der Waals surface area contributed by atoms with E-state index in [0.29, 0.717) is 18.5 Å². The zero-order valence-electron chi connectivity index (χ0n) is 16.7. The van der Waals surface area contributed by atoms with Crippen molar-refractivity contribution in [1.82, 2.24) is 10.2 Å². The summed E-state index contributed by atoms with van der Waals surface area (Å²) in [6.45, 7) is 2.94. The van der Waals surface area contributed by atoms with E-state index < -0.39 is 6.10 Å². The smallest absolute Gasteiger partial charge is 0.263 e. The maximum absolute atomic E-state index is 12.6. The molecule has 1 N–H and O–H groups in total. The van der Waals surface area contributed by atoms with Gasteiger partial charge in [0.15, 0.2) is 6.10 Å². The van der Waals surface area contributed by atoms with E-state index in [1.54, 1.807) is 11.8 Å². The number of carbonyl (C=O) groups is 2. The van der Waals surface area contributed by atoms with Crippen LogP contribution in [-0.2, 0) is 15.0 Å². The third-order valence-corrected chi connectivity index (χ3v) is 7.52. The van der Waals surface area contributed by atoms with Crippen LogP contribution >= 0.6 is 0 Å². The van der Waals surface area contributed by atoms with E-state index in [4.69, 9.17) is 4.74 Å². The number of benzene rings is 1. The van der Waals surface area contributed by atoms with E-state index in [1.807, 2.05) is 12.1 Å². The highest BCUT2D eigenvalue weighted by Crippen LogP contribution is 2.60. The van der Waals surface area contributed by atoms with Gasteiger partial charge in [-0.1, -0.05) is 12.1 Å². The molecule has 4 bridgehead atoms. The first-order chi connectivity index (χ1) is 13.5. The van der Waals surface area contributed by atoms with Gasteiger partial charge in [-0.15, -0.1) is 0 Å². The van der Waals surface area contributed by atoms with Crippen molar-refractivity contribution < 1.29 is 14.3 Å². The van der Waals surface area contributed by atoms with Crippen LogP contribution in [0.15, 0.2) is 24.3 Å². The minimum absolute atomic E-state index is 0.105. The standard InChI is InChI=1S/C23H30N2O3/c1-15(22(27)25-7-6-24-21(26)14-25)28-20-4-2-19(3-5-20)23-11-16-8-17(12-23)10-18(9-16)13-23/h2-5,15-18H,6-14H2,1H3,(H,24,26). The average Bonchev–Trinajstić information content (AvgIpc) is 2.67. The molecular weight excluding hydrogens is 352 g/mol. The van der Waals surface area contributed by atoms with Gasteiger partial charge in [-0.3, -0.25) is 9.59 Å². The lowest BCUT2D eigenvalue weighted by molar-refractivity contribution is -0.143. The second kappa shape index (κ2) is 6.78. The number of ether oxygens (including phenoxy) is 1. The third-order valence-electron chi connectivity index (χ3n) is 7.52. The van der Waals surface area contributed by atoms with Crippen molar-refractivity contribution in [3.05, 3.63) is 29.8 Å². The molecule has 5 fully saturated rings. The number of nitrogens with one attached hydrogen (secondary N) is 1. The number of nitrogens with zero attached hydrogens (tertiary/aromatic N) is 1. The summed E-state index contributed by atoms with van der Waals surface area (Å²) in [5.74, 6) is 3.30. The number of carbonyl (C=O) groups excluding carboxylic acids is 2. The van der Waals surface area contributed by atoms with Crippen LogP contribution in [0.3, 0.4) is 0 Å². The van der Waals surface area contributed by atoms with Gasteiger partial charge in [0.1, 0.15) is 5.75 Å². The quantitative estimate of drug-likeness (QED) is 0.871. The first-order valence-corrected chi connectivity index (χ1v) is 10.8. The molecule has 0 aromatic heterocycles. The molecular formula is C23H30N2O3. The Bertz CT molecular complexity index is 737. The van der Waals surface area contributed by atoms with Crippen molar-refractivity contribution in [1.29, 1.82) is 0 Å². The number of hydrogen-bond acceptors (Lipinski definition) is 3. The van der Waals surface area contributed by atoms with Gasteiger partial charge < -0.3 is 15.0 Å². The monoisotopic (exact) mass is 382 g/mol. The summed E-state index contributed by atoms with van der Waals surface area (Å²) < 4.78 is 5.92. The van der Waals surface area contributed by atoms with Gasteiger partial charge in [0.25, 0.3) is 5.91 Å². The summed E-state index contributed by atoms with van der Waals surface area (Å²) in [5, 5.41) is 2.74. The van der Waals surface area contributed by atoms with Gasteiger partial charge >= 0.3 is 0 Å². The predicted molar refractivity (Wildman–Crippen MR) is 106 cm³/mol.